The standard InChI is InChI=1S/C31H31N7O5S/c1-19-8-10-22(11-9-19)27-16-25(21-12-14-23(43-4)15-13-21)35-37(27)29(39)18-44-31-34-33-28(36(31)3)17-32-30(40)24-6-5-7-26(20(24)2)38(41)42/h5-15,27H,16-18H2,1-4H3,(H,32,40)/t27-/m0/s1. The summed E-state index contributed by atoms with van der Waals surface area (Å²) in [6.45, 7) is 3.61. The van der Waals surface area contributed by atoms with Crippen molar-refractivity contribution in [3.63, 3.8) is 0 Å². The van der Waals surface area contributed by atoms with Crippen molar-refractivity contribution in [3.05, 3.63) is 110 Å². The van der Waals surface area contributed by atoms with Gasteiger partial charge in [-0.15, -0.1) is 10.2 Å². The average Bonchev–Trinajstić information content (AvgIpc) is 3.63. The third kappa shape index (κ3) is 6.47. The number of rotatable bonds is 10. The number of aryl methyl sites for hydroxylation is 1. The lowest BCUT2D eigenvalue weighted by atomic mass is 9.97. The molecule has 0 aliphatic carbocycles. The van der Waals surface area contributed by atoms with E-state index in [1.807, 2.05) is 55.5 Å². The molecular weight excluding hydrogens is 582 g/mol. The highest BCUT2D eigenvalue weighted by molar-refractivity contribution is 7.99. The number of hydrazone groups is 1. The van der Waals surface area contributed by atoms with Crippen molar-refractivity contribution in [2.24, 2.45) is 12.1 Å². The maximum atomic E-state index is 13.6. The van der Waals surface area contributed by atoms with Crippen LogP contribution in [0.1, 0.15) is 50.9 Å². The number of carbonyl (C=O) groups excluding carboxylic acids is 2. The van der Waals surface area contributed by atoms with Crippen LogP contribution in [0.25, 0.3) is 0 Å². The van der Waals surface area contributed by atoms with Crippen LogP contribution in [-0.2, 0) is 18.4 Å². The molecule has 0 spiro atoms. The van der Waals surface area contributed by atoms with Gasteiger partial charge in [0, 0.05) is 30.7 Å². The van der Waals surface area contributed by atoms with Crippen molar-refractivity contribution in [3.8, 4) is 5.75 Å². The zero-order chi connectivity index (χ0) is 31.4. The number of nitrogens with one attached hydrogen (secondary N) is 1. The van der Waals surface area contributed by atoms with Gasteiger partial charge in [0.25, 0.3) is 17.5 Å². The maximum Gasteiger partial charge on any atom is 0.273 e. The summed E-state index contributed by atoms with van der Waals surface area (Å²) in [4.78, 5) is 37.0. The van der Waals surface area contributed by atoms with E-state index in [0.717, 1.165) is 28.2 Å². The van der Waals surface area contributed by atoms with Gasteiger partial charge in [-0.25, -0.2) is 5.01 Å². The van der Waals surface area contributed by atoms with E-state index >= 15 is 0 Å². The van der Waals surface area contributed by atoms with Gasteiger partial charge in [-0.05, 0) is 55.3 Å². The van der Waals surface area contributed by atoms with E-state index in [-0.39, 0.29) is 41.1 Å². The highest BCUT2D eigenvalue weighted by Gasteiger charge is 2.33. The number of benzene rings is 3. The second kappa shape index (κ2) is 13.1. The summed E-state index contributed by atoms with van der Waals surface area (Å²) in [6.07, 6.45) is 0.573. The molecule has 0 saturated heterocycles. The molecule has 0 bridgehead atoms. The average molecular weight is 614 g/mol. The number of nitrogens with zero attached hydrogens (tertiary/aromatic N) is 6. The van der Waals surface area contributed by atoms with Crippen molar-refractivity contribution >= 4 is 35.0 Å². The first kappa shape index (κ1) is 30.4. The van der Waals surface area contributed by atoms with E-state index in [9.17, 15) is 19.7 Å². The van der Waals surface area contributed by atoms with Gasteiger partial charge in [-0.1, -0.05) is 47.7 Å². The molecule has 1 aromatic heterocycles. The maximum absolute atomic E-state index is 13.6. The molecule has 1 atom stereocenters. The number of hydrogen-bond donors (Lipinski definition) is 1. The molecule has 12 nitrogen and oxygen atoms in total. The van der Waals surface area contributed by atoms with Gasteiger partial charge in [-0.2, -0.15) is 5.10 Å². The van der Waals surface area contributed by atoms with E-state index in [1.165, 1.54) is 36.9 Å². The molecule has 5 rings (SSSR count). The predicted octanol–water partition coefficient (Wildman–Crippen LogP) is 4.75. The minimum Gasteiger partial charge on any atom is -0.497 e. The first-order chi connectivity index (χ1) is 21.2. The Labute approximate surface area is 258 Å². The lowest BCUT2D eigenvalue weighted by Crippen LogP contribution is -2.28. The predicted molar refractivity (Wildman–Crippen MR) is 166 cm³/mol. The Balaban J connectivity index is 1.27. The quantitative estimate of drug-likeness (QED) is 0.153. The normalized spacial score (nSPS) is 14.3. The lowest BCUT2D eigenvalue weighted by molar-refractivity contribution is -0.385. The van der Waals surface area contributed by atoms with Gasteiger partial charge in [0.1, 0.15) is 5.75 Å². The topological polar surface area (TPSA) is 145 Å². The Hall–Kier alpha value is -5.04. The Kier molecular flexibility index (Phi) is 9.04. The van der Waals surface area contributed by atoms with Crippen molar-refractivity contribution < 1.29 is 19.2 Å². The van der Waals surface area contributed by atoms with Gasteiger partial charge < -0.3 is 14.6 Å². The number of nitro benzene ring substituents is 1. The molecule has 2 amide bonds. The fourth-order valence-electron chi connectivity index (χ4n) is 4.89. The van der Waals surface area contributed by atoms with Crippen molar-refractivity contribution in [1.29, 1.82) is 0 Å². The van der Waals surface area contributed by atoms with Gasteiger partial charge >= 0.3 is 0 Å². The van der Waals surface area contributed by atoms with Crippen LogP contribution in [0.3, 0.4) is 0 Å². The van der Waals surface area contributed by atoms with E-state index < -0.39 is 10.8 Å². The number of hydrogen-bond acceptors (Lipinski definition) is 9. The molecule has 44 heavy (non-hydrogen) atoms. The second-order valence-corrected chi connectivity index (χ2v) is 11.2. The molecule has 1 aliphatic rings. The largest absolute Gasteiger partial charge is 0.497 e. The van der Waals surface area contributed by atoms with Gasteiger partial charge in [-0.3, -0.25) is 19.7 Å². The fraction of sp³-hybridized carbons (Fsp3) is 0.258. The van der Waals surface area contributed by atoms with Crippen LogP contribution in [0.2, 0.25) is 0 Å². The highest BCUT2D eigenvalue weighted by atomic mass is 32.2. The third-order valence-corrected chi connectivity index (χ3v) is 8.46. The molecular formula is C31H31N7O5S. The Morgan fingerprint density at radius 1 is 1.07 bits per heavy atom. The zero-order valence-electron chi connectivity index (χ0n) is 24.7. The third-order valence-electron chi connectivity index (χ3n) is 7.45. The molecule has 0 unspecified atom stereocenters. The fourth-order valence-corrected chi connectivity index (χ4v) is 5.67. The van der Waals surface area contributed by atoms with Gasteiger partial charge in [0.15, 0.2) is 11.0 Å². The number of nitro groups is 1. The second-order valence-electron chi connectivity index (χ2n) is 10.3. The van der Waals surface area contributed by atoms with Crippen molar-refractivity contribution in [1.82, 2.24) is 25.1 Å². The number of methoxy groups -OCH3 is 1. The number of ether oxygens (including phenoxy) is 1. The van der Waals surface area contributed by atoms with E-state index in [4.69, 9.17) is 9.84 Å². The molecule has 0 radical (unpaired) electrons. The summed E-state index contributed by atoms with van der Waals surface area (Å²) in [5.41, 5.74) is 4.24. The van der Waals surface area contributed by atoms with Crippen LogP contribution in [0.4, 0.5) is 5.69 Å². The van der Waals surface area contributed by atoms with Crippen LogP contribution >= 0.6 is 11.8 Å². The summed E-state index contributed by atoms with van der Waals surface area (Å²) in [5, 5.41) is 29.2. The molecule has 2 heterocycles. The first-order valence-electron chi connectivity index (χ1n) is 13.8. The monoisotopic (exact) mass is 613 g/mol. The minimum absolute atomic E-state index is 0.0517. The van der Waals surface area contributed by atoms with E-state index in [0.29, 0.717) is 17.4 Å². The molecule has 4 aromatic rings. The van der Waals surface area contributed by atoms with Crippen molar-refractivity contribution in [2.45, 2.75) is 38.0 Å². The molecule has 226 valence electrons. The molecule has 0 saturated carbocycles. The van der Waals surface area contributed by atoms with Crippen LogP contribution in [0.15, 0.2) is 77.0 Å². The van der Waals surface area contributed by atoms with Gasteiger partial charge in [0.05, 0.1) is 36.1 Å². The van der Waals surface area contributed by atoms with Crippen LogP contribution < -0.4 is 10.1 Å². The summed E-state index contributed by atoms with van der Waals surface area (Å²) < 4.78 is 6.98. The zero-order valence-corrected chi connectivity index (χ0v) is 25.5. The first-order valence-corrected chi connectivity index (χ1v) is 14.8. The molecule has 13 heteroatoms. The summed E-state index contributed by atoms with van der Waals surface area (Å²) in [7, 11) is 3.36. The summed E-state index contributed by atoms with van der Waals surface area (Å²) >= 11 is 1.23. The number of aromatic nitrogens is 3. The molecule has 3 aromatic carbocycles. The Bertz CT molecular complexity index is 1740. The SMILES string of the molecule is COc1ccc(C2=NN(C(=O)CSc3nnc(CNC(=O)c4cccc([N+](=O)[O-])c4C)n3C)[C@H](c3ccc(C)cc3)C2)cc1. The molecule has 1 aliphatic heterocycles. The number of thioether (sulfide) groups is 1. The number of amides is 2. The van der Waals surface area contributed by atoms with Crippen LogP contribution in [0, 0.1) is 24.0 Å². The van der Waals surface area contributed by atoms with E-state index in [2.05, 4.69) is 15.5 Å². The van der Waals surface area contributed by atoms with Crippen molar-refractivity contribution in [2.75, 3.05) is 12.9 Å². The minimum atomic E-state index is -0.518. The van der Waals surface area contributed by atoms with E-state index in [1.54, 1.807) is 23.7 Å². The summed E-state index contributed by atoms with van der Waals surface area (Å²) in [6, 6.07) is 19.8. The highest BCUT2D eigenvalue weighted by Crippen LogP contribution is 2.34. The molecule has 0 fully saturated rings. The lowest BCUT2D eigenvalue weighted by Gasteiger charge is -2.22. The Morgan fingerprint density at radius 3 is 2.48 bits per heavy atom. The van der Waals surface area contributed by atoms with Gasteiger partial charge in [0.2, 0.25) is 0 Å². The number of carbonyl (C=O) groups is 2. The van der Waals surface area contributed by atoms with Crippen LogP contribution in [-0.4, -0.2) is 55.1 Å². The molecule has 1 N–H and O–H groups in total. The van der Waals surface area contributed by atoms with Crippen LogP contribution in [0.5, 0.6) is 5.75 Å². The summed E-state index contributed by atoms with van der Waals surface area (Å²) in [5.74, 6) is 0.652. The smallest absolute Gasteiger partial charge is 0.273 e. The Morgan fingerprint density at radius 2 is 1.80 bits per heavy atom.